The van der Waals surface area contributed by atoms with Gasteiger partial charge in [0.25, 0.3) is 0 Å². The average Bonchev–Trinajstić information content (AvgIpc) is 2.58. The van der Waals surface area contributed by atoms with Crippen LogP contribution in [0, 0.1) is 0 Å². The molecule has 1 aromatic heterocycles. The fraction of sp³-hybridized carbons (Fsp3) is 0.700. The van der Waals surface area contributed by atoms with Crippen LogP contribution in [0.1, 0.15) is 24.6 Å². The van der Waals surface area contributed by atoms with E-state index in [1.807, 2.05) is 0 Å². The van der Waals surface area contributed by atoms with Gasteiger partial charge in [0.2, 0.25) is 0 Å². The Morgan fingerprint density at radius 2 is 1.89 bits per heavy atom. The van der Waals surface area contributed by atoms with Crippen molar-refractivity contribution in [3.05, 3.63) is 11.8 Å². The number of aromatic nitrogens is 2. The second-order valence-corrected chi connectivity index (χ2v) is 4.45. The van der Waals surface area contributed by atoms with E-state index in [0.717, 1.165) is 4.68 Å². The van der Waals surface area contributed by atoms with Crippen LogP contribution >= 0.6 is 0 Å². The van der Waals surface area contributed by atoms with Gasteiger partial charge in [-0.1, -0.05) is 0 Å². The first kappa shape index (κ1) is 14.0. The molecule has 0 aromatic carbocycles. The highest BCUT2D eigenvalue weighted by molar-refractivity contribution is 5.34. The van der Waals surface area contributed by atoms with E-state index in [2.05, 4.69) is 5.10 Å². The minimum absolute atomic E-state index is 0.0415. The summed E-state index contributed by atoms with van der Waals surface area (Å²) in [5.74, 6) is -5.21. The van der Waals surface area contributed by atoms with E-state index < -0.39 is 17.8 Å². The van der Waals surface area contributed by atoms with E-state index in [1.54, 1.807) is 0 Å². The molecular formula is C10H12F5N3O. The van der Waals surface area contributed by atoms with Crippen LogP contribution in [0.4, 0.5) is 27.8 Å². The molecule has 0 atom stereocenters. The zero-order valence-electron chi connectivity index (χ0n) is 9.92. The topological polar surface area (TPSA) is 53.1 Å². The molecule has 2 rings (SSSR count). The molecule has 0 aliphatic heterocycles. The number of alkyl halides is 5. The summed E-state index contributed by atoms with van der Waals surface area (Å²) in [5.41, 5.74) is 4.06. The number of nitrogens with two attached hydrogens (primary N) is 1. The SMILES string of the molecule is COC1CC(n2nc(C(F)(F)C(F)(F)F)cc2N)C1. The van der Waals surface area contributed by atoms with Crippen molar-refractivity contribution in [2.45, 2.75) is 37.1 Å². The summed E-state index contributed by atoms with van der Waals surface area (Å²) in [7, 11) is 1.50. The highest BCUT2D eigenvalue weighted by Gasteiger charge is 2.60. The fourth-order valence-corrected chi connectivity index (χ4v) is 1.93. The molecule has 19 heavy (non-hydrogen) atoms. The Hall–Kier alpha value is -1.38. The van der Waals surface area contributed by atoms with Gasteiger partial charge in [-0.15, -0.1) is 0 Å². The summed E-state index contributed by atoms with van der Waals surface area (Å²) in [6.07, 6.45) is -4.76. The molecule has 0 spiro atoms. The number of nitrogens with zero attached hydrogens (tertiary/aromatic N) is 2. The Balaban J connectivity index is 2.23. The predicted octanol–water partition coefficient (Wildman–Crippen LogP) is 2.47. The Kier molecular flexibility index (Phi) is 3.20. The van der Waals surface area contributed by atoms with Crippen molar-refractivity contribution in [3.8, 4) is 0 Å². The Morgan fingerprint density at radius 1 is 1.32 bits per heavy atom. The van der Waals surface area contributed by atoms with Crippen molar-refractivity contribution >= 4 is 5.82 Å². The number of methoxy groups -OCH3 is 1. The maximum Gasteiger partial charge on any atom is 0.459 e. The van der Waals surface area contributed by atoms with Crippen LogP contribution in [0.5, 0.6) is 0 Å². The first-order valence-corrected chi connectivity index (χ1v) is 5.49. The van der Waals surface area contributed by atoms with Crippen molar-refractivity contribution in [1.82, 2.24) is 9.78 Å². The fourth-order valence-electron chi connectivity index (χ4n) is 1.93. The summed E-state index contributed by atoms with van der Waals surface area (Å²) < 4.78 is 68.8. The summed E-state index contributed by atoms with van der Waals surface area (Å²) in [6, 6.07) is 0.260. The molecular weight excluding hydrogens is 273 g/mol. The molecule has 0 saturated heterocycles. The van der Waals surface area contributed by atoms with Crippen LogP contribution in [0.25, 0.3) is 0 Å². The quantitative estimate of drug-likeness (QED) is 0.868. The van der Waals surface area contributed by atoms with Crippen molar-refractivity contribution in [2.75, 3.05) is 12.8 Å². The van der Waals surface area contributed by atoms with Crippen molar-refractivity contribution in [2.24, 2.45) is 0 Å². The van der Waals surface area contributed by atoms with Gasteiger partial charge in [0.1, 0.15) is 11.5 Å². The minimum Gasteiger partial charge on any atom is -0.384 e. The third-order valence-corrected chi connectivity index (χ3v) is 3.19. The third kappa shape index (κ3) is 2.26. The lowest BCUT2D eigenvalue weighted by molar-refractivity contribution is -0.291. The summed E-state index contributed by atoms with van der Waals surface area (Å²) in [4.78, 5) is 0. The van der Waals surface area contributed by atoms with Gasteiger partial charge < -0.3 is 10.5 Å². The van der Waals surface area contributed by atoms with Gasteiger partial charge >= 0.3 is 12.1 Å². The van der Waals surface area contributed by atoms with Gasteiger partial charge in [0, 0.05) is 13.2 Å². The van der Waals surface area contributed by atoms with Crippen molar-refractivity contribution < 1.29 is 26.7 Å². The molecule has 1 fully saturated rings. The monoisotopic (exact) mass is 285 g/mol. The van der Waals surface area contributed by atoms with E-state index in [4.69, 9.17) is 10.5 Å². The molecule has 1 saturated carbocycles. The third-order valence-electron chi connectivity index (χ3n) is 3.19. The number of nitrogen functional groups attached to an aromatic ring is 1. The van der Waals surface area contributed by atoms with Gasteiger partial charge in [0.15, 0.2) is 0 Å². The second kappa shape index (κ2) is 4.32. The van der Waals surface area contributed by atoms with Gasteiger partial charge in [-0.25, -0.2) is 4.68 Å². The molecule has 1 aromatic rings. The number of hydrogen-bond donors (Lipinski definition) is 1. The molecule has 0 unspecified atom stereocenters. The molecule has 4 nitrogen and oxygen atoms in total. The lowest BCUT2D eigenvalue weighted by Crippen LogP contribution is -2.36. The number of ether oxygens (including phenoxy) is 1. The van der Waals surface area contributed by atoms with Crippen molar-refractivity contribution in [1.29, 1.82) is 0 Å². The molecule has 108 valence electrons. The molecule has 1 aliphatic rings. The second-order valence-electron chi connectivity index (χ2n) is 4.45. The maximum atomic E-state index is 13.1. The highest BCUT2D eigenvalue weighted by atomic mass is 19.4. The summed E-state index contributed by atoms with van der Waals surface area (Å²) in [6.45, 7) is 0. The van der Waals surface area contributed by atoms with E-state index in [1.165, 1.54) is 7.11 Å². The Bertz CT molecular complexity index is 464. The highest BCUT2D eigenvalue weighted by Crippen LogP contribution is 2.44. The zero-order valence-corrected chi connectivity index (χ0v) is 9.92. The molecule has 9 heteroatoms. The smallest absolute Gasteiger partial charge is 0.384 e. The number of rotatable bonds is 3. The molecule has 1 aliphatic carbocycles. The molecule has 2 N–H and O–H groups in total. The first-order chi connectivity index (χ1) is 8.66. The van der Waals surface area contributed by atoms with Crippen LogP contribution < -0.4 is 5.73 Å². The van der Waals surface area contributed by atoms with Crippen LogP contribution in [-0.2, 0) is 10.7 Å². The van der Waals surface area contributed by atoms with Crippen molar-refractivity contribution in [3.63, 3.8) is 0 Å². The van der Waals surface area contributed by atoms with Gasteiger partial charge in [-0.05, 0) is 12.8 Å². The first-order valence-electron chi connectivity index (χ1n) is 5.49. The summed E-state index contributed by atoms with van der Waals surface area (Å²) >= 11 is 0. The number of hydrogen-bond acceptors (Lipinski definition) is 3. The molecule has 0 radical (unpaired) electrons. The maximum absolute atomic E-state index is 13.1. The predicted molar refractivity (Wildman–Crippen MR) is 55.7 cm³/mol. The number of halogens is 5. The van der Waals surface area contributed by atoms with E-state index in [-0.39, 0.29) is 18.0 Å². The van der Waals surface area contributed by atoms with E-state index in [0.29, 0.717) is 18.9 Å². The van der Waals surface area contributed by atoms with E-state index >= 15 is 0 Å². The van der Waals surface area contributed by atoms with Gasteiger partial charge in [0.05, 0.1) is 12.1 Å². The molecule has 0 amide bonds. The number of anilines is 1. The standard InChI is InChI=1S/C10H12F5N3O/c1-19-6-2-5(3-6)18-8(16)4-7(17-18)9(11,12)10(13,14)15/h4-6H,2-3,16H2,1H3. The van der Waals surface area contributed by atoms with Crippen LogP contribution in [-0.4, -0.2) is 29.2 Å². The van der Waals surface area contributed by atoms with E-state index in [9.17, 15) is 22.0 Å². The van der Waals surface area contributed by atoms with Crippen LogP contribution in [0.2, 0.25) is 0 Å². The summed E-state index contributed by atoms with van der Waals surface area (Å²) in [5, 5.41) is 3.30. The Morgan fingerprint density at radius 3 is 2.37 bits per heavy atom. The Labute approximate surface area is 105 Å². The van der Waals surface area contributed by atoms with Crippen LogP contribution in [0.3, 0.4) is 0 Å². The lowest BCUT2D eigenvalue weighted by atomic mass is 9.89. The normalized spacial score (nSPS) is 24.3. The lowest BCUT2D eigenvalue weighted by Gasteiger charge is -2.34. The van der Waals surface area contributed by atoms with Gasteiger partial charge in [-0.3, -0.25) is 0 Å². The zero-order chi connectivity index (χ0) is 14.4. The largest absolute Gasteiger partial charge is 0.459 e. The minimum atomic E-state index is -5.69. The molecule has 1 heterocycles. The molecule has 0 bridgehead atoms. The van der Waals surface area contributed by atoms with Gasteiger partial charge in [-0.2, -0.15) is 27.1 Å². The average molecular weight is 285 g/mol. The van der Waals surface area contributed by atoms with Crippen LogP contribution in [0.15, 0.2) is 6.07 Å².